The molecule has 11 nitrogen and oxygen atoms in total. The fraction of sp³-hybridized carbons (Fsp3) is 0.417. The minimum atomic E-state index is -4.08. The second-order valence-electron chi connectivity index (χ2n) is 8.55. The number of amides is 1. The number of allylic oxidation sites excluding steroid dienone is 4. The van der Waals surface area contributed by atoms with Gasteiger partial charge in [0.25, 0.3) is 5.91 Å². The lowest BCUT2D eigenvalue weighted by Gasteiger charge is -2.34. The number of nitrogens with zero attached hydrogens (tertiary/aromatic N) is 2. The molecule has 1 amide bonds. The molecule has 2 aliphatic rings. The molecule has 196 valence electrons. The smallest absolute Gasteiger partial charge is 0.265 e. The summed E-state index contributed by atoms with van der Waals surface area (Å²) >= 11 is 0. The molecule has 0 unspecified atom stereocenters. The lowest BCUT2D eigenvalue weighted by molar-refractivity contribution is -0.134. The number of benzene rings is 1. The molecule has 0 atom stereocenters. The average Bonchev–Trinajstić information content (AvgIpc) is 3.11. The van der Waals surface area contributed by atoms with Crippen LogP contribution in [-0.4, -0.2) is 61.6 Å². The van der Waals surface area contributed by atoms with E-state index < -0.39 is 20.5 Å². The molecule has 3 rings (SSSR count). The summed E-state index contributed by atoms with van der Waals surface area (Å²) in [5, 5.41) is 14.6. The van der Waals surface area contributed by atoms with Crippen molar-refractivity contribution in [2.24, 2.45) is 16.7 Å². The van der Waals surface area contributed by atoms with E-state index in [1.54, 1.807) is 0 Å². The second-order valence-corrected chi connectivity index (χ2v) is 10.8. The van der Waals surface area contributed by atoms with Gasteiger partial charge in [-0.25, -0.2) is 24.9 Å². The maximum atomic E-state index is 13.3. The Kier molecular flexibility index (Phi) is 9.26. The van der Waals surface area contributed by atoms with Crippen LogP contribution in [0.5, 0.6) is 5.75 Å². The topological polar surface area (TPSA) is 170 Å². The first-order valence-corrected chi connectivity index (χ1v) is 13.1. The van der Waals surface area contributed by atoms with Gasteiger partial charge in [0.2, 0.25) is 0 Å². The van der Waals surface area contributed by atoms with Gasteiger partial charge in [0.15, 0.2) is 20.4 Å². The maximum Gasteiger partial charge on any atom is 0.265 e. The summed E-state index contributed by atoms with van der Waals surface area (Å²) in [5.41, 5.74) is 9.52. The minimum Gasteiger partial charge on any atom is -0.494 e. The predicted molar refractivity (Wildman–Crippen MR) is 135 cm³/mol. The molecule has 0 saturated carbocycles. The van der Waals surface area contributed by atoms with E-state index in [4.69, 9.17) is 26.3 Å². The fourth-order valence-corrected chi connectivity index (χ4v) is 5.88. The van der Waals surface area contributed by atoms with E-state index in [9.17, 15) is 13.2 Å². The minimum absolute atomic E-state index is 0.0365. The van der Waals surface area contributed by atoms with Crippen molar-refractivity contribution in [2.45, 2.75) is 42.2 Å². The molecule has 12 heteroatoms. The zero-order valence-corrected chi connectivity index (χ0v) is 21.0. The van der Waals surface area contributed by atoms with Crippen molar-refractivity contribution < 1.29 is 27.9 Å². The predicted octanol–water partition coefficient (Wildman–Crippen LogP) is 1.56. The highest BCUT2D eigenvalue weighted by Crippen LogP contribution is 2.35. The van der Waals surface area contributed by atoms with Crippen LogP contribution in [0.15, 0.2) is 69.7 Å². The Morgan fingerprint density at radius 3 is 2.58 bits per heavy atom. The van der Waals surface area contributed by atoms with Gasteiger partial charge in [-0.15, -0.1) is 5.10 Å². The van der Waals surface area contributed by atoms with E-state index in [0.29, 0.717) is 31.2 Å². The van der Waals surface area contributed by atoms with Crippen LogP contribution in [0.25, 0.3) is 0 Å². The standard InChI is InChI=1S/C24H33N5O6S/c1-18-4-2-5-19(7-6-18)22(25)27-29(26)14-3-15-35-20-8-10-21(11-9-20)36(32,33)24(23(30)28-31)12-16-34-17-13-24/h4-11,31H,2-3,12-17,26H2,1H3,(H2,25,27)(H,28,30). The Balaban J connectivity index is 1.54. The number of amidine groups is 1. The number of sulfone groups is 1. The van der Waals surface area contributed by atoms with Gasteiger partial charge in [-0.1, -0.05) is 29.9 Å². The molecule has 36 heavy (non-hydrogen) atoms. The number of hydrazine groups is 1. The van der Waals surface area contributed by atoms with Crippen molar-refractivity contribution in [2.75, 3.05) is 26.4 Å². The first kappa shape index (κ1) is 27.4. The van der Waals surface area contributed by atoms with Gasteiger partial charge < -0.3 is 15.2 Å². The molecule has 6 N–H and O–H groups in total. The first-order chi connectivity index (χ1) is 17.2. The number of hydroxylamine groups is 1. The zero-order valence-electron chi connectivity index (χ0n) is 20.2. The molecule has 0 bridgehead atoms. The van der Waals surface area contributed by atoms with Crippen molar-refractivity contribution in [3.63, 3.8) is 0 Å². The molecule has 0 spiro atoms. The molecule has 1 aromatic carbocycles. The number of ether oxygens (including phenoxy) is 2. The quantitative estimate of drug-likeness (QED) is 0.0894. The molecule has 1 heterocycles. The van der Waals surface area contributed by atoms with Gasteiger partial charge in [-0.2, -0.15) is 0 Å². The number of carbonyl (C=O) groups excluding carboxylic acids is 1. The molecule has 1 saturated heterocycles. The summed E-state index contributed by atoms with van der Waals surface area (Å²) in [4.78, 5) is 12.3. The Morgan fingerprint density at radius 2 is 1.92 bits per heavy atom. The van der Waals surface area contributed by atoms with Crippen LogP contribution in [0.4, 0.5) is 0 Å². The third-order valence-corrected chi connectivity index (χ3v) is 8.62. The molecule has 1 fully saturated rings. The van der Waals surface area contributed by atoms with E-state index >= 15 is 0 Å². The summed E-state index contributed by atoms with van der Waals surface area (Å²) in [7, 11) is -4.08. The fourth-order valence-electron chi connectivity index (χ4n) is 3.94. The van der Waals surface area contributed by atoms with Gasteiger partial charge in [-0.3, -0.25) is 10.0 Å². The molecular weight excluding hydrogens is 486 g/mol. The van der Waals surface area contributed by atoms with Crippen molar-refractivity contribution in [1.29, 1.82) is 0 Å². The SMILES string of the molecule is CC1=CCC=C(/C(N)=N/N(N)CCCOc2ccc(S(=O)(=O)C3(C(=O)NO)CCOCC3)cc2)C=C1. The number of nitrogens with two attached hydrogens (primary N) is 2. The van der Waals surface area contributed by atoms with Gasteiger partial charge in [-0.05, 0) is 50.5 Å². The number of hydrazone groups is 1. The Bertz CT molecular complexity index is 1150. The van der Waals surface area contributed by atoms with Gasteiger partial charge >= 0.3 is 0 Å². The van der Waals surface area contributed by atoms with E-state index in [0.717, 1.165) is 17.6 Å². The van der Waals surface area contributed by atoms with Crippen LogP contribution in [0.2, 0.25) is 0 Å². The number of rotatable bonds is 10. The highest BCUT2D eigenvalue weighted by Gasteiger charge is 2.52. The summed E-state index contributed by atoms with van der Waals surface area (Å²) in [6, 6.07) is 5.82. The maximum absolute atomic E-state index is 13.3. The molecule has 1 aliphatic carbocycles. The summed E-state index contributed by atoms with van der Waals surface area (Å²) in [6.45, 7) is 2.93. The normalized spacial score (nSPS) is 18.0. The van der Waals surface area contributed by atoms with Crippen LogP contribution in [0.3, 0.4) is 0 Å². The Labute approximate surface area is 211 Å². The molecular formula is C24H33N5O6S. The van der Waals surface area contributed by atoms with Crippen molar-refractivity contribution in [1.82, 2.24) is 10.6 Å². The Hall–Kier alpha value is -3.19. The number of hydrogen-bond donors (Lipinski definition) is 4. The van der Waals surface area contributed by atoms with E-state index in [2.05, 4.69) is 11.2 Å². The Morgan fingerprint density at radius 1 is 1.22 bits per heavy atom. The van der Waals surface area contributed by atoms with Crippen LogP contribution in [0, 0.1) is 0 Å². The van der Waals surface area contributed by atoms with Crippen LogP contribution < -0.4 is 21.8 Å². The average molecular weight is 520 g/mol. The third-order valence-electron chi connectivity index (χ3n) is 6.10. The van der Waals surface area contributed by atoms with Crippen molar-refractivity contribution in [3.05, 3.63) is 59.7 Å². The van der Waals surface area contributed by atoms with E-state index in [1.165, 1.54) is 34.9 Å². The van der Waals surface area contributed by atoms with Gasteiger partial charge in [0.1, 0.15) is 5.75 Å². The monoisotopic (exact) mass is 519 g/mol. The molecule has 1 aromatic rings. The number of nitrogens with one attached hydrogen (secondary N) is 1. The van der Waals surface area contributed by atoms with Crippen LogP contribution in [0.1, 0.15) is 32.6 Å². The van der Waals surface area contributed by atoms with Crippen LogP contribution >= 0.6 is 0 Å². The highest BCUT2D eigenvalue weighted by atomic mass is 32.2. The first-order valence-electron chi connectivity index (χ1n) is 11.6. The lowest BCUT2D eigenvalue weighted by atomic mass is 9.98. The highest BCUT2D eigenvalue weighted by molar-refractivity contribution is 7.93. The summed E-state index contributed by atoms with van der Waals surface area (Å²) in [6.07, 6.45) is 9.16. The van der Waals surface area contributed by atoms with Crippen LogP contribution in [-0.2, 0) is 19.4 Å². The number of carbonyl (C=O) groups is 1. The summed E-state index contributed by atoms with van der Waals surface area (Å²) in [5.74, 6) is 5.76. The summed E-state index contributed by atoms with van der Waals surface area (Å²) < 4.78 is 35.7. The molecule has 1 aliphatic heterocycles. The largest absolute Gasteiger partial charge is 0.494 e. The van der Waals surface area contributed by atoms with Crippen molar-refractivity contribution >= 4 is 21.6 Å². The van der Waals surface area contributed by atoms with Gasteiger partial charge in [0, 0.05) is 25.2 Å². The van der Waals surface area contributed by atoms with E-state index in [1.807, 2.05) is 25.2 Å². The zero-order chi connectivity index (χ0) is 26.2. The number of hydrogen-bond acceptors (Lipinski definition) is 9. The lowest BCUT2D eigenvalue weighted by Crippen LogP contribution is -2.54. The second kappa shape index (κ2) is 12.2. The third kappa shape index (κ3) is 6.32. The van der Waals surface area contributed by atoms with Gasteiger partial charge in [0.05, 0.1) is 18.0 Å². The van der Waals surface area contributed by atoms with Crippen molar-refractivity contribution in [3.8, 4) is 5.75 Å². The van der Waals surface area contributed by atoms with E-state index in [-0.39, 0.29) is 31.0 Å². The molecule has 0 radical (unpaired) electrons. The molecule has 0 aromatic heterocycles.